The molecule has 8 heteroatoms. The van der Waals surface area contributed by atoms with Crippen LogP contribution < -0.4 is 4.90 Å². The van der Waals surface area contributed by atoms with E-state index in [1.54, 1.807) is 12.1 Å². The fourth-order valence-electron chi connectivity index (χ4n) is 2.52. The van der Waals surface area contributed by atoms with Crippen molar-refractivity contribution in [2.24, 2.45) is 13.0 Å². The summed E-state index contributed by atoms with van der Waals surface area (Å²) >= 11 is 2.09. The van der Waals surface area contributed by atoms with Gasteiger partial charge in [-0.3, -0.25) is 9.48 Å². The van der Waals surface area contributed by atoms with E-state index in [0.29, 0.717) is 18.2 Å². The predicted molar refractivity (Wildman–Crippen MR) is 91.8 cm³/mol. The minimum Gasteiger partial charge on any atom is -0.307 e. The van der Waals surface area contributed by atoms with E-state index >= 15 is 0 Å². The molecule has 0 atom stereocenters. The van der Waals surface area contributed by atoms with Crippen LogP contribution in [0.25, 0.3) is 0 Å². The molecule has 3 rings (SSSR count). The second-order valence-electron chi connectivity index (χ2n) is 5.87. The van der Waals surface area contributed by atoms with E-state index in [1.165, 1.54) is 11.9 Å². The molecule has 1 aromatic carbocycles. The Kier molecular flexibility index (Phi) is 4.58. The molecule has 1 aliphatic rings. The summed E-state index contributed by atoms with van der Waals surface area (Å²) in [5.41, 5.74) is -0.918. The highest BCUT2D eigenvalue weighted by Crippen LogP contribution is 2.36. The van der Waals surface area contributed by atoms with Gasteiger partial charge in [0.25, 0.3) is 5.91 Å². The van der Waals surface area contributed by atoms with E-state index in [9.17, 15) is 18.0 Å². The minimum absolute atomic E-state index is 0.343. The van der Waals surface area contributed by atoms with Gasteiger partial charge < -0.3 is 4.90 Å². The average Bonchev–Trinajstić information content (AvgIpc) is 3.23. The minimum atomic E-state index is -4.67. The maximum Gasteiger partial charge on any atom is 0.435 e. The lowest BCUT2D eigenvalue weighted by molar-refractivity contribution is -0.141. The van der Waals surface area contributed by atoms with Gasteiger partial charge in [-0.05, 0) is 53.5 Å². The number of hydrogen-bond acceptors (Lipinski definition) is 2. The van der Waals surface area contributed by atoms with Crippen molar-refractivity contribution in [3.05, 3.63) is 45.3 Å². The van der Waals surface area contributed by atoms with Crippen molar-refractivity contribution in [3.63, 3.8) is 0 Å². The number of para-hydroxylation sites is 1. The Balaban J connectivity index is 2.02. The normalized spacial score (nSPS) is 14.7. The lowest BCUT2D eigenvalue weighted by atomic mass is 10.1. The molecule has 0 spiro atoms. The van der Waals surface area contributed by atoms with E-state index < -0.39 is 23.3 Å². The molecule has 1 amide bonds. The Morgan fingerprint density at radius 1 is 1.38 bits per heavy atom. The van der Waals surface area contributed by atoms with Crippen LogP contribution >= 0.6 is 22.6 Å². The van der Waals surface area contributed by atoms with Crippen molar-refractivity contribution < 1.29 is 18.0 Å². The molecule has 2 aromatic rings. The number of rotatable bonds is 4. The Labute approximate surface area is 150 Å². The molecular weight excluding hydrogens is 434 g/mol. The number of alkyl halides is 3. The number of aryl methyl sites for hydroxylation is 1. The van der Waals surface area contributed by atoms with Crippen molar-refractivity contribution >= 4 is 34.2 Å². The first-order valence-electron chi connectivity index (χ1n) is 7.44. The third kappa shape index (κ3) is 3.57. The number of carbonyl (C=O) groups excluding carboxylic acids is 1. The maximum atomic E-state index is 13.2. The van der Waals surface area contributed by atoms with E-state index in [1.807, 2.05) is 12.1 Å². The predicted octanol–water partition coefficient (Wildman–Crippen LogP) is 4.10. The van der Waals surface area contributed by atoms with Crippen LogP contribution in [0.1, 0.15) is 28.9 Å². The van der Waals surface area contributed by atoms with Crippen LogP contribution in [0, 0.1) is 9.49 Å². The van der Waals surface area contributed by atoms with Gasteiger partial charge in [-0.25, -0.2) is 0 Å². The molecule has 0 N–H and O–H groups in total. The molecule has 1 aromatic heterocycles. The molecule has 24 heavy (non-hydrogen) atoms. The van der Waals surface area contributed by atoms with Crippen LogP contribution in [-0.4, -0.2) is 22.2 Å². The third-order valence-electron chi connectivity index (χ3n) is 3.85. The highest BCUT2D eigenvalue weighted by molar-refractivity contribution is 14.1. The molecule has 0 radical (unpaired) electrons. The summed E-state index contributed by atoms with van der Waals surface area (Å²) in [5.74, 6) is -0.317. The molecule has 1 fully saturated rings. The topological polar surface area (TPSA) is 38.1 Å². The molecule has 0 unspecified atom stereocenters. The summed E-state index contributed by atoms with van der Waals surface area (Å²) in [5, 5.41) is 3.44. The van der Waals surface area contributed by atoms with Crippen LogP contribution in [-0.2, 0) is 13.2 Å². The van der Waals surface area contributed by atoms with Crippen molar-refractivity contribution in [2.75, 3.05) is 11.4 Å². The molecule has 1 heterocycles. The number of anilines is 1. The number of amides is 1. The third-order valence-corrected chi connectivity index (χ3v) is 4.77. The Bertz CT molecular complexity index is 768. The summed E-state index contributed by atoms with van der Waals surface area (Å²) in [4.78, 5) is 14.4. The molecular formula is C16H15F3IN3O. The number of aromatic nitrogens is 2. The fraction of sp³-hybridized carbons (Fsp3) is 0.375. The quantitative estimate of drug-likeness (QED) is 0.660. The van der Waals surface area contributed by atoms with Crippen LogP contribution in [0.15, 0.2) is 30.5 Å². The summed E-state index contributed by atoms with van der Waals surface area (Å²) in [6, 6.07) is 7.19. The van der Waals surface area contributed by atoms with Gasteiger partial charge in [0, 0.05) is 23.4 Å². The monoisotopic (exact) mass is 449 g/mol. The number of benzene rings is 1. The second kappa shape index (κ2) is 6.38. The number of nitrogens with zero attached hydrogens (tertiary/aromatic N) is 3. The van der Waals surface area contributed by atoms with Crippen LogP contribution in [0.5, 0.6) is 0 Å². The van der Waals surface area contributed by atoms with Gasteiger partial charge in [0.15, 0.2) is 5.69 Å². The second-order valence-corrected chi connectivity index (χ2v) is 7.04. The SMILES string of the molecule is Cn1cc(C(=O)N(CC2CC2)c2ccccc2I)c(C(F)(F)F)n1. The molecule has 0 bridgehead atoms. The first-order chi connectivity index (χ1) is 11.3. The van der Waals surface area contributed by atoms with Crippen molar-refractivity contribution in [1.82, 2.24) is 9.78 Å². The Morgan fingerprint density at radius 2 is 2.04 bits per heavy atom. The van der Waals surface area contributed by atoms with E-state index in [0.717, 1.165) is 27.3 Å². The van der Waals surface area contributed by atoms with Gasteiger partial charge in [-0.15, -0.1) is 0 Å². The standard InChI is InChI=1S/C16H15F3IN3O/c1-22-9-11(14(21-22)16(17,18)19)15(24)23(8-10-6-7-10)13-5-3-2-4-12(13)20/h2-5,9-10H,6-8H2,1H3. The van der Waals surface area contributed by atoms with Crippen LogP contribution in [0.2, 0.25) is 0 Å². The summed E-state index contributed by atoms with van der Waals surface area (Å²) in [7, 11) is 1.38. The van der Waals surface area contributed by atoms with Gasteiger partial charge >= 0.3 is 6.18 Å². The lowest BCUT2D eigenvalue weighted by Gasteiger charge is -2.24. The summed E-state index contributed by atoms with van der Waals surface area (Å²) in [6.45, 7) is 0.422. The van der Waals surface area contributed by atoms with E-state index in [-0.39, 0.29) is 0 Å². The molecule has 1 aliphatic carbocycles. The maximum absolute atomic E-state index is 13.2. The Hall–Kier alpha value is -1.58. The zero-order valence-corrected chi connectivity index (χ0v) is 15.0. The van der Waals surface area contributed by atoms with Crippen LogP contribution in [0.4, 0.5) is 18.9 Å². The summed E-state index contributed by atoms with van der Waals surface area (Å²) < 4.78 is 41.4. The van der Waals surface area contributed by atoms with Gasteiger partial charge in [-0.2, -0.15) is 18.3 Å². The van der Waals surface area contributed by atoms with Gasteiger partial charge in [0.2, 0.25) is 0 Å². The smallest absolute Gasteiger partial charge is 0.307 e. The van der Waals surface area contributed by atoms with Crippen molar-refractivity contribution in [1.29, 1.82) is 0 Å². The largest absolute Gasteiger partial charge is 0.435 e. The summed E-state index contributed by atoms with van der Waals surface area (Å²) in [6.07, 6.45) is -1.54. The van der Waals surface area contributed by atoms with E-state index in [2.05, 4.69) is 27.7 Å². The van der Waals surface area contributed by atoms with Crippen molar-refractivity contribution in [2.45, 2.75) is 19.0 Å². The highest BCUT2D eigenvalue weighted by Gasteiger charge is 2.41. The average molecular weight is 449 g/mol. The van der Waals surface area contributed by atoms with Gasteiger partial charge in [-0.1, -0.05) is 12.1 Å². The molecule has 128 valence electrons. The van der Waals surface area contributed by atoms with Crippen LogP contribution in [0.3, 0.4) is 0 Å². The van der Waals surface area contributed by atoms with E-state index in [4.69, 9.17) is 0 Å². The molecule has 0 aliphatic heterocycles. The number of hydrogen-bond donors (Lipinski definition) is 0. The molecule has 0 saturated heterocycles. The first-order valence-corrected chi connectivity index (χ1v) is 8.52. The fourth-order valence-corrected chi connectivity index (χ4v) is 3.20. The van der Waals surface area contributed by atoms with Gasteiger partial charge in [0.1, 0.15) is 0 Å². The first kappa shape index (κ1) is 17.2. The zero-order chi connectivity index (χ0) is 17.5. The van der Waals surface area contributed by atoms with Gasteiger partial charge in [0.05, 0.1) is 11.3 Å². The van der Waals surface area contributed by atoms with Crippen molar-refractivity contribution in [3.8, 4) is 0 Å². The Morgan fingerprint density at radius 3 is 2.62 bits per heavy atom. The molecule has 1 saturated carbocycles. The number of carbonyl (C=O) groups is 1. The highest BCUT2D eigenvalue weighted by atomic mass is 127. The number of halogens is 4. The molecule has 4 nitrogen and oxygen atoms in total. The lowest BCUT2D eigenvalue weighted by Crippen LogP contribution is -2.34. The zero-order valence-electron chi connectivity index (χ0n) is 12.8.